The van der Waals surface area contributed by atoms with Crippen LogP contribution in [0.25, 0.3) is 0 Å². The molecule has 1 saturated heterocycles. The van der Waals surface area contributed by atoms with Crippen LogP contribution in [0.5, 0.6) is 0 Å². The van der Waals surface area contributed by atoms with Gasteiger partial charge in [-0.1, -0.05) is 36.4 Å². The Labute approximate surface area is 208 Å². The molecule has 2 heterocycles. The van der Waals surface area contributed by atoms with Crippen molar-refractivity contribution in [2.45, 2.75) is 37.1 Å². The second-order valence-electron chi connectivity index (χ2n) is 7.50. The topological polar surface area (TPSA) is 95.9 Å². The van der Waals surface area contributed by atoms with E-state index in [4.69, 9.17) is 4.74 Å². The third-order valence-electron chi connectivity index (χ3n) is 5.18. The third-order valence-corrected chi connectivity index (χ3v) is 7.65. The first-order chi connectivity index (χ1) is 15.5. The van der Waals surface area contributed by atoms with E-state index in [0.29, 0.717) is 25.1 Å². The van der Waals surface area contributed by atoms with Gasteiger partial charge in [-0.3, -0.25) is 19.7 Å². The van der Waals surface area contributed by atoms with E-state index in [1.807, 2.05) is 47.8 Å². The molecule has 10 heteroatoms. The number of carboxylic acids is 1. The Hall–Kier alpha value is -2.07. The SMILES string of the molecule is CCOC(=O)C(CCc1ccccc1)N[C@H]1CS[C@H](c2cccs2)CN(CC(=O)O)C1=O.Cl. The Kier molecular flexibility index (Phi) is 11.2. The number of thioether (sulfide) groups is 1. The molecule has 1 aliphatic rings. The van der Waals surface area contributed by atoms with Gasteiger partial charge in [-0.15, -0.1) is 35.5 Å². The van der Waals surface area contributed by atoms with Crippen molar-refractivity contribution in [2.75, 3.05) is 25.4 Å². The summed E-state index contributed by atoms with van der Waals surface area (Å²) >= 11 is 3.20. The van der Waals surface area contributed by atoms with E-state index in [-0.39, 0.29) is 36.7 Å². The number of ether oxygens (including phenoxy) is 1. The highest BCUT2D eigenvalue weighted by atomic mass is 35.5. The molecule has 0 radical (unpaired) electrons. The first-order valence-corrected chi connectivity index (χ1v) is 12.5. The number of carbonyl (C=O) groups is 3. The Morgan fingerprint density at radius 3 is 2.64 bits per heavy atom. The highest BCUT2D eigenvalue weighted by Gasteiger charge is 2.36. The minimum absolute atomic E-state index is 0. The van der Waals surface area contributed by atoms with Crippen LogP contribution >= 0.6 is 35.5 Å². The average Bonchev–Trinajstić information content (AvgIpc) is 3.27. The van der Waals surface area contributed by atoms with Crippen LogP contribution in [0.4, 0.5) is 0 Å². The Morgan fingerprint density at radius 2 is 2.00 bits per heavy atom. The van der Waals surface area contributed by atoms with Crippen molar-refractivity contribution < 1.29 is 24.2 Å². The molecule has 0 aliphatic carbocycles. The number of thiophene rings is 1. The Balaban J connectivity index is 0.00000385. The van der Waals surface area contributed by atoms with Gasteiger partial charge < -0.3 is 14.7 Å². The molecule has 0 saturated carbocycles. The molecule has 33 heavy (non-hydrogen) atoms. The van der Waals surface area contributed by atoms with E-state index in [0.717, 1.165) is 10.4 Å². The zero-order valence-corrected chi connectivity index (χ0v) is 20.8. The molecular formula is C23H29ClN2O5S2. The summed E-state index contributed by atoms with van der Waals surface area (Å²) in [4.78, 5) is 39.7. The zero-order chi connectivity index (χ0) is 22.9. The standard InChI is InChI=1S/C23H28N2O5S2.ClH/c1-2-30-23(29)17(11-10-16-7-4-3-5-8-16)24-18-15-32-20(19-9-6-12-31-19)13-25(22(18)28)14-21(26)27;/h3-9,12,17-18,20,24H,2,10-11,13-15H2,1H3,(H,26,27);1H/t17?,18-,20-;/m0./s1. The van der Waals surface area contributed by atoms with Crippen molar-refractivity contribution in [3.63, 3.8) is 0 Å². The van der Waals surface area contributed by atoms with Crippen LogP contribution in [0, 0.1) is 0 Å². The second-order valence-corrected chi connectivity index (χ2v) is 9.71. The Morgan fingerprint density at radius 1 is 1.24 bits per heavy atom. The van der Waals surface area contributed by atoms with Crippen molar-refractivity contribution >= 4 is 53.4 Å². The van der Waals surface area contributed by atoms with Crippen LogP contribution in [0.2, 0.25) is 0 Å². The van der Waals surface area contributed by atoms with Crippen molar-refractivity contribution in [1.29, 1.82) is 0 Å². The fourth-order valence-corrected chi connectivity index (χ4v) is 5.89. The van der Waals surface area contributed by atoms with E-state index in [1.165, 1.54) is 4.90 Å². The molecule has 1 unspecified atom stereocenters. The van der Waals surface area contributed by atoms with Crippen LogP contribution in [-0.2, 0) is 25.5 Å². The number of halogens is 1. The van der Waals surface area contributed by atoms with Crippen molar-refractivity contribution in [2.24, 2.45) is 0 Å². The minimum atomic E-state index is -1.06. The molecule has 0 bridgehead atoms. The number of hydrogen-bond acceptors (Lipinski definition) is 7. The summed E-state index contributed by atoms with van der Waals surface area (Å²) in [5, 5.41) is 14.5. The largest absolute Gasteiger partial charge is 0.480 e. The highest BCUT2D eigenvalue weighted by molar-refractivity contribution is 7.99. The molecule has 1 aromatic heterocycles. The van der Waals surface area contributed by atoms with Crippen LogP contribution in [-0.4, -0.2) is 65.4 Å². The van der Waals surface area contributed by atoms with E-state index in [1.54, 1.807) is 30.0 Å². The van der Waals surface area contributed by atoms with Crippen molar-refractivity contribution in [1.82, 2.24) is 10.2 Å². The molecule has 1 aliphatic heterocycles. The lowest BCUT2D eigenvalue weighted by atomic mass is 10.0. The molecule has 2 N–H and O–H groups in total. The van der Waals surface area contributed by atoms with Crippen molar-refractivity contribution in [3.8, 4) is 0 Å². The van der Waals surface area contributed by atoms with Gasteiger partial charge in [0.25, 0.3) is 0 Å². The first-order valence-electron chi connectivity index (χ1n) is 10.6. The van der Waals surface area contributed by atoms with Crippen LogP contribution in [0.1, 0.15) is 29.0 Å². The Bertz CT molecular complexity index is 898. The van der Waals surface area contributed by atoms with E-state index in [9.17, 15) is 19.5 Å². The zero-order valence-electron chi connectivity index (χ0n) is 18.3. The van der Waals surface area contributed by atoms with Gasteiger partial charge in [0.2, 0.25) is 5.91 Å². The smallest absolute Gasteiger partial charge is 0.323 e. The third kappa shape index (κ3) is 8.03. The summed E-state index contributed by atoms with van der Waals surface area (Å²) in [7, 11) is 0. The van der Waals surface area contributed by atoms with Crippen LogP contribution < -0.4 is 5.32 Å². The molecule has 3 rings (SSSR count). The number of nitrogens with zero attached hydrogens (tertiary/aromatic N) is 1. The first kappa shape index (κ1) is 27.2. The number of aliphatic carboxylic acids is 1. The van der Waals surface area contributed by atoms with Crippen molar-refractivity contribution in [3.05, 3.63) is 58.3 Å². The molecule has 1 amide bonds. The van der Waals surface area contributed by atoms with Gasteiger partial charge in [-0.2, -0.15) is 0 Å². The molecule has 2 aromatic rings. The number of esters is 1. The van der Waals surface area contributed by atoms with Gasteiger partial charge in [0, 0.05) is 17.2 Å². The van der Waals surface area contributed by atoms with E-state index < -0.39 is 24.0 Å². The van der Waals surface area contributed by atoms with Gasteiger partial charge in [-0.25, -0.2) is 0 Å². The summed E-state index contributed by atoms with van der Waals surface area (Å²) in [5.41, 5.74) is 1.09. The molecule has 1 fully saturated rings. The lowest BCUT2D eigenvalue weighted by molar-refractivity contribution is -0.148. The monoisotopic (exact) mass is 512 g/mol. The number of nitrogens with one attached hydrogen (secondary N) is 1. The number of carboxylic acid groups (broad SMARTS) is 1. The maximum absolute atomic E-state index is 13.2. The van der Waals surface area contributed by atoms with E-state index in [2.05, 4.69) is 5.32 Å². The van der Waals surface area contributed by atoms with Gasteiger partial charge in [0.05, 0.1) is 17.9 Å². The number of amides is 1. The average molecular weight is 513 g/mol. The lowest BCUT2D eigenvalue weighted by Gasteiger charge is -2.26. The fourth-order valence-electron chi connectivity index (χ4n) is 3.63. The molecule has 180 valence electrons. The molecule has 7 nitrogen and oxygen atoms in total. The second kappa shape index (κ2) is 13.6. The number of aryl methyl sites for hydroxylation is 1. The summed E-state index contributed by atoms with van der Waals surface area (Å²) < 4.78 is 5.25. The quantitative estimate of drug-likeness (QED) is 0.471. The number of carbonyl (C=O) groups excluding carboxylic acids is 2. The number of rotatable bonds is 10. The highest BCUT2D eigenvalue weighted by Crippen LogP contribution is 2.35. The maximum Gasteiger partial charge on any atom is 0.323 e. The van der Waals surface area contributed by atoms with Gasteiger partial charge in [-0.05, 0) is 36.8 Å². The predicted octanol–water partition coefficient (Wildman–Crippen LogP) is 3.39. The fraction of sp³-hybridized carbons (Fsp3) is 0.435. The summed E-state index contributed by atoms with van der Waals surface area (Å²) in [6.45, 7) is 1.95. The summed E-state index contributed by atoms with van der Waals surface area (Å²) in [5.74, 6) is -1.31. The maximum atomic E-state index is 13.2. The van der Waals surface area contributed by atoms with E-state index >= 15 is 0 Å². The lowest BCUT2D eigenvalue weighted by Crippen LogP contribution is -2.53. The van der Waals surface area contributed by atoms with Gasteiger partial charge >= 0.3 is 11.9 Å². The minimum Gasteiger partial charge on any atom is -0.480 e. The summed E-state index contributed by atoms with van der Waals surface area (Å²) in [6.07, 6.45) is 1.13. The molecule has 1 aromatic carbocycles. The normalized spacial score (nSPS) is 19.3. The molecule has 3 atom stereocenters. The predicted molar refractivity (Wildman–Crippen MR) is 133 cm³/mol. The summed E-state index contributed by atoms with van der Waals surface area (Å²) in [6, 6.07) is 12.4. The number of hydrogen-bond donors (Lipinski definition) is 2. The van der Waals surface area contributed by atoms with Gasteiger partial charge in [0.1, 0.15) is 12.6 Å². The molecular weight excluding hydrogens is 484 g/mol. The molecule has 0 spiro atoms. The van der Waals surface area contributed by atoms with Crippen LogP contribution in [0.3, 0.4) is 0 Å². The van der Waals surface area contributed by atoms with Crippen LogP contribution in [0.15, 0.2) is 47.8 Å². The number of benzene rings is 1. The van der Waals surface area contributed by atoms with Gasteiger partial charge in [0.15, 0.2) is 0 Å².